The van der Waals surface area contributed by atoms with Crippen molar-refractivity contribution in [2.75, 3.05) is 40.9 Å². The maximum absolute atomic E-state index is 14.7. The molecule has 1 aromatic carbocycles. The number of nitrogens with two attached hydrogens (primary N) is 1. The van der Waals surface area contributed by atoms with Crippen LogP contribution in [0.4, 0.5) is 20.6 Å². The van der Waals surface area contributed by atoms with Crippen LogP contribution < -0.4 is 15.5 Å². The van der Waals surface area contributed by atoms with Crippen molar-refractivity contribution >= 4 is 46.5 Å². The molecule has 2 amide bonds. The van der Waals surface area contributed by atoms with Crippen LogP contribution in [0, 0.1) is 5.82 Å². The van der Waals surface area contributed by atoms with Crippen LogP contribution in [-0.2, 0) is 11.2 Å². The lowest BCUT2D eigenvalue weighted by atomic mass is 10.1. The Kier molecular flexibility index (Phi) is 5.45. The Hall–Kier alpha value is -2.26. The molecule has 148 valence electrons. The van der Waals surface area contributed by atoms with Gasteiger partial charge in [-0.2, -0.15) is 11.8 Å². The zero-order valence-electron chi connectivity index (χ0n) is 15.1. The van der Waals surface area contributed by atoms with Crippen molar-refractivity contribution in [1.82, 2.24) is 0 Å². The van der Waals surface area contributed by atoms with Gasteiger partial charge in [-0.3, -0.25) is 9.69 Å². The first kappa shape index (κ1) is 19.1. The average Bonchev–Trinajstić information content (AvgIpc) is 3.29. The first-order valence-corrected chi connectivity index (χ1v) is 11.0. The number of thioether (sulfide) groups is 1. The molecule has 2 aliphatic rings. The largest absolute Gasteiger partial charge is 0.444 e. The maximum atomic E-state index is 14.7. The third-order valence-corrected chi connectivity index (χ3v) is 6.80. The average molecular weight is 422 g/mol. The van der Waals surface area contributed by atoms with Gasteiger partial charge in [-0.25, -0.2) is 9.18 Å². The molecule has 2 aromatic rings. The molecule has 6 nitrogen and oxygen atoms in total. The lowest BCUT2D eigenvalue weighted by Crippen LogP contribution is -2.33. The zero-order chi connectivity index (χ0) is 19.7. The van der Waals surface area contributed by atoms with Gasteiger partial charge >= 0.3 is 6.09 Å². The van der Waals surface area contributed by atoms with Gasteiger partial charge in [0.05, 0.1) is 22.8 Å². The summed E-state index contributed by atoms with van der Waals surface area (Å²) in [6.45, 7) is 1.93. The number of benzene rings is 1. The third-order valence-electron chi connectivity index (χ3n) is 4.89. The number of primary amides is 1. The molecule has 2 N–H and O–H groups in total. The lowest BCUT2D eigenvalue weighted by Gasteiger charge is -2.29. The molecule has 3 heterocycles. The Labute approximate surface area is 170 Å². The molecular weight excluding hydrogens is 401 g/mol. The van der Waals surface area contributed by atoms with E-state index in [0.717, 1.165) is 30.2 Å². The molecule has 2 saturated heterocycles. The number of carbonyl (C=O) groups is 2. The van der Waals surface area contributed by atoms with E-state index in [1.54, 1.807) is 17.5 Å². The minimum atomic E-state index is -0.512. The SMILES string of the molecule is NC(=O)c1sccc1C[C@H]1CN(c2ccc(N3CCSCC3)c(F)c2)C(=O)O1. The number of hydrogen-bond acceptors (Lipinski definition) is 6. The number of amides is 2. The van der Waals surface area contributed by atoms with Crippen LogP contribution in [0.3, 0.4) is 0 Å². The summed E-state index contributed by atoms with van der Waals surface area (Å²) in [6.07, 6.45) is -0.528. The summed E-state index contributed by atoms with van der Waals surface area (Å²) < 4.78 is 20.1. The van der Waals surface area contributed by atoms with Crippen molar-refractivity contribution in [2.45, 2.75) is 12.5 Å². The van der Waals surface area contributed by atoms with Crippen molar-refractivity contribution in [3.8, 4) is 0 Å². The first-order chi connectivity index (χ1) is 13.5. The number of carbonyl (C=O) groups excluding carboxylic acids is 2. The summed E-state index contributed by atoms with van der Waals surface area (Å²) in [4.78, 5) is 27.7. The summed E-state index contributed by atoms with van der Waals surface area (Å²) in [6, 6.07) is 6.68. The van der Waals surface area contributed by atoms with Crippen molar-refractivity contribution in [1.29, 1.82) is 0 Å². The van der Waals surface area contributed by atoms with Crippen molar-refractivity contribution in [3.05, 3.63) is 45.9 Å². The molecule has 9 heteroatoms. The molecular formula is C19H20FN3O3S2. The van der Waals surface area contributed by atoms with E-state index >= 15 is 0 Å². The van der Waals surface area contributed by atoms with Gasteiger partial charge in [0.15, 0.2) is 0 Å². The second kappa shape index (κ2) is 8.00. The second-order valence-corrected chi connectivity index (χ2v) is 8.84. The predicted molar refractivity (Wildman–Crippen MR) is 110 cm³/mol. The van der Waals surface area contributed by atoms with E-state index in [2.05, 4.69) is 0 Å². The summed E-state index contributed by atoms with van der Waals surface area (Å²) in [5, 5.41) is 1.79. The molecule has 4 rings (SSSR count). The van der Waals surface area contributed by atoms with Crippen molar-refractivity contribution < 1.29 is 18.7 Å². The minimum absolute atomic E-state index is 0.298. The number of thiophene rings is 1. The molecule has 2 aliphatic heterocycles. The van der Waals surface area contributed by atoms with Crippen LogP contribution >= 0.6 is 23.1 Å². The van der Waals surface area contributed by atoms with E-state index in [0.29, 0.717) is 29.2 Å². The lowest BCUT2D eigenvalue weighted by molar-refractivity contribution is 0.100. The number of hydrogen-bond donors (Lipinski definition) is 1. The van der Waals surface area contributed by atoms with Crippen LogP contribution in [0.5, 0.6) is 0 Å². The summed E-state index contributed by atoms with van der Waals surface area (Å²) in [5.41, 5.74) is 7.18. The minimum Gasteiger partial charge on any atom is -0.444 e. The van der Waals surface area contributed by atoms with E-state index in [1.807, 2.05) is 22.7 Å². The van der Waals surface area contributed by atoms with Gasteiger partial charge in [0, 0.05) is 31.0 Å². The van der Waals surface area contributed by atoms with Crippen LogP contribution in [0.1, 0.15) is 15.2 Å². The van der Waals surface area contributed by atoms with E-state index in [9.17, 15) is 14.0 Å². The topological polar surface area (TPSA) is 75.9 Å². The second-order valence-electron chi connectivity index (χ2n) is 6.69. The Morgan fingerprint density at radius 3 is 2.79 bits per heavy atom. The molecule has 1 atom stereocenters. The van der Waals surface area contributed by atoms with Crippen LogP contribution in [0.15, 0.2) is 29.6 Å². The highest BCUT2D eigenvalue weighted by atomic mass is 32.2. The van der Waals surface area contributed by atoms with E-state index in [-0.39, 0.29) is 5.82 Å². The summed E-state index contributed by atoms with van der Waals surface area (Å²) >= 11 is 3.14. The third kappa shape index (κ3) is 3.81. The Bertz CT molecular complexity index is 898. The monoisotopic (exact) mass is 421 g/mol. The number of anilines is 2. The first-order valence-electron chi connectivity index (χ1n) is 8.99. The molecule has 0 saturated carbocycles. The summed E-state index contributed by atoms with van der Waals surface area (Å²) in [5.74, 6) is 1.14. The van der Waals surface area contributed by atoms with E-state index < -0.39 is 18.1 Å². The van der Waals surface area contributed by atoms with Gasteiger partial charge < -0.3 is 15.4 Å². The fourth-order valence-electron chi connectivity index (χ4n) is 3.52. The van der Waals surface area contributed by atoms with Crippen LogP contribution in [0.2, 0.25) is 0 Å². The van der Waals surface area contributed by atoms with E-state index in [1.165, 1.54) is 22.3 Å². The molecule has 0 unspecified atom stereocenters. The maximum Gasteiger partial charge on any atom is 0.414 e. The van der Waals surface area contributed by atoms with Crippen molar-refractivity contribution in [3.63, 3.8) is 0 Å². The zero-order valence-corrected chi connectivity index (χ0v) is 16.7. The molecule has 1 aromatic heterocycles. The normalized spacial score (nSPS) is 19.8. The number of rotatable bonds is 5. The number of ether oxygens (including phenoxy) is 1. The van der Waals surface area contributed by atoms with Gasteiger partial charge in [0.2, 0.25) is 0 Å². The number of nitrogens with zero attached hydrogens (tertiary/aromatic N) is 2. The highest BCUT2D eigenvalue weighted by molar-refractivity contribution is 7.99. The molecule has 0 aliphatic carbocycles. The smallest absolute Gasteiger partial charge is 0.414 e. The highest BCUT2D eigenvalue weighted by Crippen LogP contribution is 2.30. The molecule has 0 radical (unpaired) electrons. The van der Waals surface area contributed by atoms with Gasteiger partial charge in [-0.1, -0.05) is 0 Å². The van der Waals surface area contributed by atoms with Crippen molar-refractivity contribution in [2.24, 2.45) is 5.73 Å². The standard InChI is InChI=1S/C19H20FN3O3S2/c20-15-10-13(1-2-16(15)22-4-7-27-8-5-22)23-11-14(26-19(23)25)9-12-3-6-28-17(12)18(21)24/h1-3,6,10,14H,4-5,7-9,11H2,(H2,21,24)/t14-/m0/s1. The molecule has 0 spiro atoms. The Morgan fingerprint density at radius 2 is 2.07 bits per heavy atom. The van der Waals surface area contributed by atoms with Gasteiger partial charge in [-0.05, 0) is 35.2 Å². The van der Waals surface area contributed by atoms with Gasteiger partial charge in [0.1, 0.15) is 11.9 Å². The fourth-order valence-corrected chi connectivity index (χ4v) is 5.21. The van der Waals surface area contributed by atoms with Crippen LogP contribution in [0.25, 0.3) is 0 Å². The Morgan fingerprint density at radius 1 is 1.29 bits per heavy atom. The highest BCUT2D eigenvalue weighted by Gasteiger charge is 2.33. The van der Waals surface area contributed by atoms with Gasteiger partial charge in [0.25, 0.3) is 5.91 Å². The molecule has 2 fully saturated rings. The summed E-state index contributed by atoms with van der Waals surface area (Å²) in [7, 11) is 0. The van der Waals surface area contributed by atoms with Crippen LogP contribution in [-0.4, -0.2) is 49.2 Å². The quantitative estimate of drug-likeness (QED) is 0.803. The molecule has 28 heavy (non-hydrogen) atoms. The number of cyclic esters (lactones) is 1. The number of halogens is 1. The fraction of sp³-hybridized carbons (Fsp3) is 0.368. The molecule has 0 bridgehead atoms. The van der Waals surface area contributed by atoms with Gasteiger partial charge in [-0.15, -0.1) is 11.3 Å². The predicted octanol–water partition coefficient (Wildman–Crippen LogP) is 3.11. The Balaban J connectivity index is 1.47. The van der Waals surface area contributed by atoms with E-state index in [4.69, 9.17) is 10.5 Å².